The molecular formula is C20H21NO5. The zero-order valence-electron chi connectivity index (χ0n) is 14.8. The number of benzene rings is 2. The zero-order chi connectivity index (χ0) is 18.5. The number of carbonyl (C=O) groups excluding carboxylic acids is 2. The molecule has 1 heterocycles. The first kappa shape index (κ1) is 17.8. The number of likely N-dealkylation sites (N-methyl/N-ethyl adjacent to an activating group) is 1. The van der Waals surface area contributed by atoms with Crippen LogP contribution in [0.25, 0.3) is 0 Å². The highest BCUT2D eigenvalue weighted by atomic mass is 16.5. The van der Waals surface area contributed by atoms with Crippen molar-refractivity contribution in [1.82, 2.24) is 4.90 Å². The molecular weight excluding hydrogens is 334 g/mol. The van der Waals surface area contributed by atoms with Crippen LogP contribution in [-0.2, 0) is 9.53 Å². The minimum Gasteiger partial charge on any atom is -0.490 e. The van der Waals surface area contributed by atoms with E-state index in [4.69, 9.17) is 14.2 Å². The number of carbonyl (C=O) groups is 2. The monoisotopic (exact) mass is 355 g/mol. The Morgan fingerprint density at radius 1 is 1.00 bits per heavy atom. The lowest BCUT2D eigenvalue weighted by Crippen LogP contribution is -2.31. The van der Waals surface area contributed by atoms with E-state index in [1.807, 2.05) is 6.07 Å². The Bertz CT molecular complexity index is 788. The number of rotatable bonds is 4. The number of amides is 1. The van der Waals surface area contributed by atoms with Gasteiger partial charge in [-0.2, -0.15) is 0 Å². The largest absolute Gasteiger partial charge is 0.490 e. The van der Waals surface area contributed by atoms with E-state index in [1.165, 1.54) is 4.90 Å². The maximum Gasteiger partial charge on any atom is 0.339 e. The maximum absolute atomic E-state index is 12.6. The Morgan fingerprint density at radius 3 is 2.38 bits per heavy atom. The van der Waals surface area contributed by atoms with Gasteiger partial charge in [-0.25, -0.2) is 4.79 Å². The zero-order valence-corrected chi connectivity index (χ0v) is 14.8. The minimum absolute atomic E-state index is 0.307. The molecule has 1 aliphatic heterocycles. The van der Waals surface area contributed by atoms with Gasteiger partial charge in [-0.1, -0.05) is 30.3 Å². The molecule has 3 rings (SSSR count). The van der Waals surface area contributed by atoms with E-state index in [9.17, 15) is 9.59 Å². The van der Waals surface area contributed by atoms with Gasteiger partial charge in [-0.05, 0) is 18.2 Å². The molecule has 1 amide bonds. The van der Waals surface area contributed by atoms with Gasteiger partial charge in [0.2, 0.25) is 6.10 Å². The van der Waals surface area contributed by atoms with Crippen molar-refractivity contribution in [1.29, 1.82) is 0 Å². The first-order valence-corrected chi connectivity index (χ1v) is 8.43. The lowest BCUT2D eigenvalue weighted by atomic mass is 10.1. The van der Waals surface area contributed by atoms with Gasteiger partial charge in [-0.15, -0.1) is 0 Å². The van der Waals surface area contributed by atoms with E-state index in [-0.39, 0.29) is 5.91 Å². The first-order chi connectivity index (χ1) is 12.6. The highest BCUT2D eigenvalue weighted by Crippen LogP contribution is 2.31. The molecule has 6 nitrogen and oxygen atoms in total. The summed E-state index contributed by atoms with van der Waals surface area (Å²) in [4.78, 5) is 26.5. The average molecular weight is 355 g/mol. The van der Waals surface area contributed by atoms with Crippen molar-refractivity contribution in [2.75, 3.05) is 27.3 Å². The number of nitrogens with zero attached hydrogens (tertiary/aromatic N) is 1. The van der Waals surface area contributed by atoms with Crippen LogP contribution in [0.5, 0.6) is 11.5 Å². The summed E-state index contributed by atoms with van der Waals surface area (Å²) < 4.78 is 16.7. The molecule has 1 aliphatic rings. The van der Waals surface area contributed by atoms with Gasteiger partial charge >= 0.3 is 5.97 Å². The molecule has 0 saturated heterocycles. The van der Waals surface area contributed by atoms with Crippen LogP contribution in [0.15, 0.2) is 48.5 Å². The molecule has 26 heavy (non-hydrogen) atoms. The molecule has 0 bridgehead atoms. The Hall–Kier alpha value is -3.02. The molecule has 0 saturated carbocycles. The van der Waals surface area contributed by atoms with E-state index < -0.39 is 12.1 Å². The van der Waals surface area contributed by atoms with Crippen molar-refractivity contribution in [3.05, 3.63) is 59.7 Å². The first-order valence-electron chi connectivity index (χ1n) is 8.43. The van der Waals surface area contributed by atoms with Crippen LogP contribution in [0.4, 0.5) is 0 Å². The topological polar surface area (TPSA) is 65.1 Å². The van der Waals surface area contributed by atoms with Gasteiger partial charge in [0.1, 0.15) is 0 Å². The van der Waals surface area contributed by atoms with Gasteiger partial charge in [-0.3, -0.25) is 4.79 Å². The fourth-order valence-electron chi connectivity index (χ4n) is 2.59. The van der Waals surface area contributed by atoms with Crippen molar-refractivity contribution < 1.29 is 23.8 Å². The molecule has 136 valence electrons. The van der Waals surface area contributed by atoms with Crippen LogP contribution in [0.2, 0.25) is 0 Å². The number of hydrogen-bond donors (Lipinski definition) is 0. The summed E-state index contributed by atoms with van der Waals surface area (Å²) in [5.41, 5.74) is 0.927. The fraction of sp³-hybridized carbons (Fsp3) is 0.300. The number of ether oxygens (including phenoxy) is 3. The van der Waals surface area contributed by atoms with Crippen LogP contribution in [-0.4, -0.2) is 44.1 Å². The summed E-state index contributed by atoms with van der Waals surface area (Å²) in [6.07, 6.45) is -0.225. The van der Waals surface area contributed by atoms with E-state index in [0.29, 0.717) is 35.8 Å². The number of esters is 1. The summed E-state index contributed by atoms with van der Waals surface area (Å²) in [5.74, 6) is 0.207. The number of fused-ring (bicyclic) bond motifs is 1. The van der Waals surface area contributed by atoms with E-state index in [0.717, 1.165) is 6.42 Å². The highest BCUT2D eigenvalue weighted by Gasteiger charge is 2.27. The molecule has 1 atom stereocenters. The average Bonchev–Trinajstić information content (AvgIpc) is 2.90. The van der Waals surface area contributed by atoms with Gasteiger partial charge in [0.15, 0.2) is 11.5 Å². The fourth-order valence-corrected chi connectivity index (χ4v) is 2.59. The SMILES string of the molecule is CN(C)C(=O)C(OC(=O)c1ccc2c(c1)OCCCO2)c1ccccc1. The third-order valence-corrected chi connectivity index (χ3v) is 3.98. The molecule has 2 aromatic rings. The molecule has 0 radical (unpaired) electrons. The number of hydrogen-bond acceptors (Lipinski definition) is 5. The Morgan fingerprint density at radius 2 is 1.69 bits per heavy atom. The van der Waals surface area contributed by atoms with Crippen molar-refractivity contribution in [2.45, 2.75) is 12.5 Å². The van der Waals surface area contributed by atoms with Crippen LogP contribution in [0.3, 0.4) is 0 Å². The molecule has 0 spiro atoms. The van der Waals surface area contributed by atoms with Gasteiger partial charge < -0.3 is 19.1 Å². The van der Waals surface area contributed by atoms with Crippen LogP contribution in [0, 0.1) is 0 Å². The van der Waals surface area contributed by atoms with Crippen molar-refractivity contribution in [2.24, 2.45) is 0 Å². The molecule has 1 unspecified atom stereocenters. The van der Waals surface area contributed by atoms with E-state index in [2.05, 4.69) is 0 Å². The van der Waals surface area contributed by atoms with Crippen LogP contribution >= 0.6 is 0 Å². The van der Waals surface area contributed by atoms with E-state index >= 15 is 0 Å². The summed E-state index contributed by atoms with van der Waals surface area (Å²) in [6, 6.07) is 13.8. The third kappa shape index (κ3) is 3.96. The van der Waals surface area contributed by atoms with Crippen molar-refractivity contribution in [3.63, 3.8) is 0 Å². The molecule has 0 aromatic heterocycles. The molecule has 0 fully saturated rings. The lowest BCUT2D eigenvalue weighted by molar-refractivity contribution is -0.138. The molecule has 6 heteroatoms. The predicted molar refractivity (Wildman–Crippen MR) is 95.3 cm³/mol. The van der Waals surface area contributed by atoms with E-state index in [1.54, 1.807) is 56.6 Å². The minimum atomic E-state index is -1.00. The summed E-state index contributed by atoms with van der Waals surface area (Å²) >= 11 is 0. The predicted octanol–water partition coefficient (Wildman–Crippen LogP) is 2.83. The summed E-state index contributed by atoms with van der Waals surface area (Å²) in [6.45, 7) is 1.10. The second kappa shape index (κ2) is 7.91. The molecule has 0 aliphatic carbocycles. The normalized spacial score (nSPS) is 14.1. The quantitative estimate of drug-likeness (QED) is 0.789. The van der Waals surface area contributed by atoms with Gasteiger partial charge in [0.25, 0.3) is 5.91 Å². The smallest absolute Gasteiger partial charge is 0.339 e. The molecule has 2 aromatic carbocycles. The highest BCUT2D eigenvalue weighted by molar-refractivity contribution is 5.93. The third-order valence-electron chi connectivity index (χ3n) is 3.98. The van der Waals surface area contributed by atoms with Gasteiger partial charge in [0, 0.05) is 26.1 Å². The lowest BCUT2D eigenvalue weighted by Gasteiger charge is -2.21. The van der Waals surface area contributed by atoms with Gasteiger partial charge in [0.05, 0.1) is 18.8 Å². The van der Waals surface area contributed by atoms with Crippen LogP contribution in [0.1, 0.15) is 28.4 Å². The van der Waals surface area contributed by atoms with Crippen molar-refractivity contribution >= 4 is 11.9 Å². The second-order valence-electron chi connectivity index (χ2n) is 6.14. The maximum atomic E-state index is 12.6. The Labute approximate surface area is 152 Å². The summed E-state index contributed by atoms with van der Waals surface area (Å²) in [5, 5.41) is 0. The second-order valence-corrected chi connectivity index (χ2v) is 6.14. The summed E-state index contributed by atoms with van der Waals surface area (Å²) in [7, 11) is 3.25. The Kier molecular flexibility index (Phi) is 5.41. The van der Waals surface area contributed by atoms with Crippen LogP contribution < -0.4 is 9.47 Å². The van der Waals surface area contributed by atoms with Crippen molar-refractivity contribution in [3.8, 4) is 11.5 Å². The Balaban J connectivity index is 1.84. The standard InChI is InChI=1S/C20H21NO5/c1-21(2)19(22)18(14-7-4-3-5-8-14)26-20(23)15-9-10-16-17(13-15)25-12-6-11-24-16/h3-5,7-10,13,18H,6,11-12H2,1-2H3. The molecule has 0 N–H and O–H groups in total.